The van der Waals surface area contributed by atoms with Gasteiger partial charge >= 0.3 is 12.0 Å². The molecule has 0 aromatic carbocycles. The molecule has 2 amide bonds. The molecular weight excluding hydrogens is 276 g/mol. The highest BCUT2D eigenvalue weighted by molar-refractivity contribution is 7.11. The highest BCUT2D eigenvalue weighted by Crippen LogP contribution is 2.18. The fourth-order valence-corrected chi connectivity index (χ4v) is 2.59. The quantitative estimate of drug-likeness (QED) is 0.821. The van der Waals surface area contributed by atoms with Crippen LogP contribution in [0.2, 0.25) is 0 Å². The van der Waals surface area contributed by atoms with E-state index < -0.39 is 5.97 Å². The standard InChI is InChI=1S/C14H20N2O3S/c1-4-16(5-2)14(19)15(3)9-11-8-12(20-10-11)6-7-13(17)18/h6-8,10H,4-5,9H2,1-3H3,(H,17,18). The van der Waals surface area contributed by atoms with Gasteiger partial charge in [-0.15, -0.1) is 11.3 Å². The third kappa shape index (κ3) is 4.70. The molecule has 0 saturated heterocycles. The number of thiophene rings is 1. The van der Waals surface area contributed by atoms with E-state index in [0.717, 1.165) is 16.5 Å². The molecule has 110 valence electrons. The zero-order valence-electron chi connectivity index (χ0n) is 12.0. The average Bonchev–Trinajstić information content (AvgIpc) is 2.85. The van der Waals surface area contributed by atoms with Crippen LogP contribution in [-0.2, 0) is 11.3 Å². The molecule has 0 aliphatic carbocycles. The molecule has 0 fully saturated rings. The summed E-state index contributed by atoms with van der Waals surface area (Å²) in [5, 5.41) is 10.5. The van der Waals surface area contributed by atoms with Gasteiger partial charge in [-0.05, 0) is 36.9 Å². The van der Waals surface area contributed by atoms with Gasteiger partial charge in [-0.25, -0.2) is 9.59 Å². The number of carboxylic acids is 1. The van der Waals surface area contributed by atoms with Crippen molar-refractivity contribution in [2.75, 3.05) is 20.1 Å². The summed E-state index contributed by atoms with van der Waals surface area (Å²) in [5.74, 6) is -0.964. The summed E-state index contributed by atoms with van der Waals surface area (Å²) >= 11 is 1.46. The van der Waals surface area contributed by atoms with Crippen LogP contribution < -0.4 is 0 Å². The Labute approximate surface area is 123 Å². The summed E-state index contributed by atoms with van der Waals surface area (Å²) in [6.45, 7) is 5.81. The van der Waals surface area contributed by atoms with Crippen molar-refractivity contribution in [2.45, 2.75) is 20.4 Å². The molecule has 0 saturated carbocycles. The minimum atomic E-state index is -0.964. The minimum Gasteiger partial charge on any atom is -0.478 e. The molecule has 6 heteroatoms. The van der Waals surface area contributed by atoms with Gasteiger partial charge in [-0.3, -0.25) is 0 Å². The Morgan fingerprint density at radius 2 is 2.00 bits per heavy atom. The van der Waals surface area contributed by atoms with Crippen LogP contribution in [0.15, 0.2) is 17.5 Å². The van der Waals surface area contributed by atoms with Gasteiger partial charge in [0, 0.05) is 37.6 Å². The fourth-order valence-electron chi connectivity index (χ4n) is 1.80. The van der Waals surface area contributed by atoms with E-state index in [1.54, 1.807) is 22.9 Å². The van der Waals surface area contributed by atoms with Crippen LogP contribution in [0.3, 0.4) is 0 Å². The van der Waals surface area contributed by atoms with E-state index in [2.05, 4.69) is 0 Å². The maximum Gasteiger partial charge on any atom is 0.328 e. The van der Waals surface area contributed by atoms with E-state index in [0.29, 0.717) is 19.6 Å². The number of aliphatic carboxylic acids is 1. The average molecular weight is 296 g/mol. The molecule has 5 nitrogen and oxygen atoms in total. The van der Waals surface area contributed by atoms with Crippen LogP contribution in [0.4, 0.5) is 4.79 Å². The zero-order chi connectivity index (χ0) is 15.1. The summed E-state index contributed by atoms with van der Waals surface area (Å²) in [6, 6.07) is 1.90. The summed E-state index contributed by atoms with van der Waals surface area (Å²) in [6.07, 6.45) is 2.67. The number of rotatable bonds is 6. The first-order valence-electron chi connectivity index (χ1n) is 6.46. The summed E-state index contributed by atoms with van der Waals surface area (Å²) in [5.41, 5.74) is 1.00. The lowest BCUT2D eigenvalue weighted by molar-refractivity contribution is -0.131. The molecule has 0 aliphatic rings. The minimum absolute atomic E-state index is 0.00354. The Bertz CT molecular complexity index is 492. The van der Waals surface area contributed by atoms with Crippen LogP contribution in [-0.4, -0.2) is 47.0 Å². The molecule has 0 bridgehead atoms. The molecule has 0 spiro atoms. The lowest BCUT2D eigenvalue weighted by atomic mass is 10.3. The van der Waals surface area contributed by atoms with Gasteiger partial charge in [0.15, 0.2) is 0 Å². The molecule has 0 radical (unpaired) electrons. The van der Waals surface area contributed by atoms with Crippen molar-refractivity contribution >= 4 is 29.4 Å². The lowest BCUT2D eigenvalue weighted by Gasteiger charge is -2.25. The normalized spacial score (nSPS) is 10.8. The molecule has 20 heavy (non-hydrogen) atoms. The third-order valence-electron chi connectivity index (χ3n) is 2.84. The van der Waals surface area contributed by atoms with Gasteiger partial charge in [-0.1, -0.05) is 0 Å². The summed E-state index contributed by atoms with van der Waals surface area (Å²) in [4.78, 5) is 26.8. The maximum absolute atomic E-state index is 12.1. The molecule has 0 atom stereocenters. The lowest BCUT2D eigenvalue weighted by Crippen LogP contribution is -2.40. The first-order valence-corrected chi connectivity index (χ1v) is 7.34. The molecule has 0 aliphatic heterocycles. The van der Waals surface area contributed by atoms with Crippen molar-refractivity contribution in [1.82, 2.24) is 9.80 Å². The van der Waals surface area contributed by atoms with E-state index in [-0.39, 0.29) is 6.03 Å². The molecule has 0 unspecified atom stereocenters. The van der Waals surface area contributed by atoms with Crippen LogP contribution in [0.25, 0.3) is 6.08 Å². The van der Waals surface area contributed by atoms with E-state index in [1.807, 2.05) is 25.3 Å². The van der Waals surface area contributed by atoms with Gasteiger partial charge in [0.05, 0.1) is 0 Å². The Hall–Kier alpha value is -1.82. The van der Waals surface area contributed by atoms with Crippen molar-refractivity contribution < 1.29 is 14.7 Å². The van der Waals surface area contributed by atoms with E-state index >= 15 is 0 Å². The van der Waals surface area contributed by atoms with Crippen molar-refractivity contribution in [2.24, 2.45) is 0 Å². The third-order valence-corrected chi connectivity index (χ3v) is 3.79. The Morgan fingerprint density at radius 3 is 2.55 bits per heavy atom. The predicted octanol–water partition coefficient (Wildman–Crippen LogP) is 2.74. The number of amides is 2. The number of urea groups is 1. The van der Waals surface area contributed by atoms with Crippen molar-refractivity contribution in [1.29, 1.82) is 0 Å². The van der Waals surface area contributed by atoms with Gasteiger partial charge in [0.2, 0.25) is 0 Å². The Morgan fingerprint density at radius 1 is 1.35 bits per heavy atom. The number of nitrogens with zero attached hydrogens (tertiary/aromatic N) is 2. The van der Waals surface area contributed by atoms with E-state index in [1.165, 1.54) is 11.3 Å². The topological polar surface area (TPSA) is 60.9 Å². The Kier molecular flexibility index (Phi) is 6.24. The number of carboxylic acid groups (broad SMARTS) is 1. The van der Waals surface area contributed by atoms with E-state index in [9.17, 15) is 9.59 Å². The fraction of sp³-hybridized carbons (Fsp3) is 0.429. The van der Waals surface area contributed by atoms with Crippen LogP contribution in [0.1, 0.15) is 24.3 Å². The van der Waals surface area contributed by atoms with E-state index in [4.69, 9.17) is 5.11 Å². The summed E-state index contributed by atoms with van der Waals surface area (Å²) < 4.78 is 0. The molecule has 1 N–H and O–H groups in total. The SMILES string of the molecule is CCN(CC)C(=O)N(C)Cc1csc(C=CC(=O)O)c1. The highest BCUT2D eigenvalue weighted by Gasteiger charge is 2.15. The zero-order valence-corrected chi connectivity index (χ0v) is 12.8. The van der Waals surface area contributed by atoms with Gasteiger partial charge in [0.1, 0.15) is 0 Å². The van der Waals surface area contributed by atoms with Gasteiger partial charge in [0.25, 0.3) is 0 Å². The number of hydrogen-bond acceptors (Lipinski definition) is 3. The maximum atomic E-state index is 12.1. The second-order valence-electron chi connectivity index (χ2n) is 4.34. The van der Waals surface area contributed by atoms with Crippen LogP contribution in [0, 0.1) is 0 Å². The van der Waals surface area contributed by atoms with Crippen LogP contribution >= 0.6 is 11.3 Å². The molecular formula is C14H20N2O3S. The first-order chi connectivity index (χ1) is 9.47. The van der Waals surface area contributed by atoms with Crippen molar-refractivity contribution in [3.05, 3.63) is 28.0 Å². The van der Waals surface area contributed by atoms with Crippen molar-refractivity contribution in [3.8, 4) is 0 Å². The predicted molar refractivity (Wildman–Crippen MR) is 80.8 cm³/mol. The first kappa shape index (κ1) is 16.2. The van der Waals surface area contributed by atoms with Gasteiger partial charge < -0.3 is 14.9 Å². The monoisotopic (exact) mass is 296 g/mol. The largest absolute Gasteiger partial charge is 0.478 e. The van der Waals surface area contributed by atoms with Gasteiger partial charge in [-0.2, -0.15) is 0 Å². The molecule has 1 aromatic rings. The second-order valence-corrected chi connectivity index (χ2v) is 5.28. The number of carbonyl (C=O) groups excluding carboxylic acids is 1. The van der Waals surface area contributed by atoms with Crippen LogP contribution in [0.5, 0.6) is 0 Å². The van der Waals surface area contributed by atoms with Crippen molar-refractivity contribution in [3.63, 3.8) is 0 Å². The number of carbonyl (C=O) groups is 2. The summed E-state index contributed by atoms with van der Waals surface area (Å²) in [7, 11) is 1.77. The second kappa shape index (κ2) is 7.69. The molecule has 1 heterocycles. The highest BCUT2D eigenvalue weighted by atomic mass is 32.1. The smallest absolute Gasteiger partial charge is 0.328 e. The number of hydrogen-bond donors (Lipinski definition) is 1. The Balaban J connectivity index is 2.64. The molecule has 1 rings (SSSR count). The molecule has 1 aromatic heterocycles.